The molecule has 2 aromatic heterocycles. The highest BCUT2D eigenvalue weighted by Gasteiger charge is 2.22. The summed E-state index contributed by atoms with van der Waals surface area (Å²) >= 11 is 0. The molecule has 0 saturated carbocycles. The van der Waals surface area contributed by atoms with Crippen molar-refractivity contribution in [1.82, 2.24) is 14.8 Å². The van der Waals surface area contributed by atoms with Crippen molar-refractivity contribution in [3.05, 3.63) is 24.2 Å². The molecule has 5 heteroatoms. The number of fused-ring (bicyclic) bond motifs is 1. The van der Waals surface area contributed by atoms with Gasteiger partial charge in [0.15, 0.2) is 11.6 Å². The van der Waals surface area contributed by atoms with Crippen molar-refractivity contribution in [3.8, 4) is 11.6 Å². The van der Waals surface area contributed by atoms with Crippen LogP contribution in [0.25, 0.3) is 11.6 Å². The van der Waals surface area contributed by atoms with Crippen molar-refractivity contribution in [1.29, 1.82) is 0 Å². The number of nitrogens with zero attached hydrogens (tertiary/aromatic N) is 3. The Labute approximate surface area is 86.4 Å². The molecule has 0 aliphatic carbocycles. The summed E-state index contributed by atoms with van der Waals surface area (Å²) < 4.78 is 7.20. The zero-order valence-corrected chi connectivity index (χ0v) is 8.13. The maximum atomic E-state index is 9.59. The average molecular weight is 205 g/mol. The van der Waals surface area contributed by atoms with Gasteiger partial charge < -0.3 is 14.1 Å². The molecule has 3 heterocycles. The number of aliphatic hydroxyl groups excluding tert-OH is 1. The Hall–Kier alpha value is -1.62. The summed E-state index contributed by atoms with van der Waals surface area (Å²) in [7, 11) is 0. The molecule has 0 spiro atoms. The van der Waals surface area contributed by atoms with Gasteiger partial charge in [0.25, 0.3) is 0 Å². The lowest BCUT2D eigenvalue weighted by molar-refractivity contribution is 0.131. The maximum Gasteiger partial charge on any atom is 0.199 e. The van der Waals surface area contributed by atoms with Crippen LogP contribution in [0, 0.1) is 0 Å². The predicted molar refractivity (Wildman–Crippen MR) is 52.1 cm³/mol. The highest BCUT2D eigenvalue weighted by Crippen LogP contribution is 2.23. The smallest absolute Gasteiger partial charge is 0.199 e. The van der Waals surface area contributed by atoms with Gasteiger partial charge in [0.05, 0.1) is 18.9 Å². The lowest BCUT2D eigenvalue weighted by atomic mass is 10.1. The summed E-state index contributed by atoms with van der Waals surface area (Å²) in [6.45, 7) is 0.554. The van der Waals surface area contributed by atoms with Crippen LogP contribution in [-0.4, -0.2) is 26.0 Å². The molecule has 15 heavy (non-hydrogen) atoms. The van der Waals surface area contributed by atoms with Crippen LogP contribution in [0.3, 0.4) is 0 Å². The van der Waals surface area contributed by atoms with Crippen molar-refractivity contribution in [2.75, 3.05) is 0 Å². The second kappa shape index (κ2) is 3.20. The molecule has 0 aromatic carbocycles. The molecule has 5 nitrogen and oxygen atoms in total. The summed E-state index contributed by atoms with van der Waals surface area (Å²) in [6, 6.07) is 3.66. The van der Waals surface area contributed by atoms with Gasteiger partial charge in [-0.05, 0) is 18.6 Å². The number of aryl methyl sites for hydroxylation is 1. The van der Waals surface area contributed by atoms with Gasteiger partial charge in [-0.1, -0.05) is 0 Å². The maximum absolute atomic E-state index is 9.59. The van der Waals surface area contributed by atoms with E-state index >= 15 is 0 Å². The van der Waals surface area contributed by atoms with Gasteiger partial charge >= 0.3 is 0 Å². The summed E-state index contributed by atoms with van der Waals surface area (Å²) in [4.78, 5) is 0. The van der Waals surface area contributed by atoms with Crippen LogP contribution in [0.15, 0.2) is 22.8 Å². The molecule has 1 atom stereocenters. The van der Waals surface area contributed by atoms with Crippen molar-refractivity contribution in [2.45, 2.75) is 25.5 Å². The normalized spacial score (nSPS) is 20.2. The molecule has 1 unspecified atom stereocenters. The first kappa shape index (κ1) is 8.67. The van der Waals surface area contributed by atoms with E-state index in [1.54, 1.807) is 6.26 Å². The lowest BCUT2D eigenvalue weighted by Gasteiger charge is -2.19. The third-order valence-corrected chi connectivity index (χ3v) is 2.66. The standard InChI is InChI=1S/C10H11N3O2/c14-7-3-4-9-11-12-10(13(9)6-7)8-2-1-5-15-8/h1-2,5,7,14H,3-4,6H2. The van der Waals surface area contributed by atoms with Crippen LogP contribution in [0.1, 0.15) is 12.2 Å². The predicted octanol–water partition coefficient (Wildman–Crippen LogP) is 0.845. The molecule has 0 amide bonds. The van der Waals surface area contributed by atoms with E-state index < -0.39 is 0 Å². The van der Waals surface area contributed by atoms with E-state index in [2.05, 4.69) is 10.2 Å². The Morgan fingerprint density at radius 3 is 3.20 bits per heavy atom. The van der Waals surface area contributed by atoms with Gasteiger partial charge in [0, 0.05) is 6.42 Å². The Bertz CT molecular complexity index is 461. The Morgan fingerprint density at radius 1 is 1.47 bits per heavy atom. The van der Waals surface area contributed by atoms with Crippen LogP contribution in [-0.2, 0) is 13.0 Å². The minimum absolute atomic E-state index is 0.304. The Morgan fingerprint density at radius 2 is 2.40 bits per heavy atom. The van der Waals surface area contributed by atoms with E-state index in [9.17, 15) is 5.11 Å². The van der Waals surface area contributed by atoms with Gasteiger partial charge in [0.2, 0.25) is 0 Å². The Kier molecular flexibility index (Phi) is 1.85. The molecule has 3 rings (SSSR count). The SMILES string of the molecule is OC1CCc2nnc(-c3ccco3)n2C1. The number of aliphatic hydroxyl groups is 1. The van der Waals surface area contributed by atoms with E-state index in [1.807, 2.05) is 16.7 Å². The first-order valence-corrected chi connectivity index (χ1v) is 4.98. The highest BCUT2D eigenvalue weighted by atomic mass is 16.3. The van der Waals surface area contributed by atoms with Gasteiger partial charge in [-0.15, -0.1) is 10.2 Å². The molecule has 2 aromatic rings. The van der Waals surface area contributed by atoms with Crippen molar-refractivity contribution in [2.24, 2.45) is 0 Å². The third kappa shape index (κ3) is 1.35. The summed E-state index contributed by atoms with van der Waals surface area (Å²) in [5, 5.41) is 17.8. The van der Waals surface area contributed by atoms with Gasteiger partial charge in [-0.3, -0.25) is 0 Å². The van der Waals surface area contributed by atoms with E-state index in [0.29, 0.717) is 18.1 Å². The van der Waals surface area contributed by atoms with Crippen LogP contribution in [0.5, 0.6) is 0 Å². The van der Waals surface area contributed by atoms with Crippen molar-refractivity contribution < 1.29 is 9.52 Å². The monoisotopic (exact) mass is 205 g/mol. The fourth-order valence-corrected chi connectivity index (χ4v) is 1.90. The highest BCUT2D eigenvalue weighted by molar-refractivity contribution is 5.46. The number of furan rings is 1. The summed E-state index contributed by atoms with van der Waals surface area (Å²) in [5.74, 6) is 2.32. The van der Waals surface area contributed by atoms with Gasteiger partial charge in [-0.25, -0.2) is 0 Å². The van der Waals surface area contributed by atoms with E-state index in [4.69, 9.17) is 4.42 Å². The average Bonchev–Trinajstić information content (AvgIpc) is 2.83. The van der Waals surface area contributed by atoms with Crippen LogP contribution in [0.4, 0.5) is 0 Å². The zero-order valence-electron chi connectivity index (χ0n) is 8.13. The first-order valence-electron chi connectivity index (χ1n) is 4.98. The van der Waals surface area contributed by atoms with E-state index in [1.165, 1.54) is 0 Å². The second-order valence-corrected chi connectivity index (χ2v) is 3.72. The molecule has 0 radical (unpaired) electrons. The molecule has 0 fully saturated rings. The minimum atomic E-state index is -0.304. The van der Waals surface area contributed by atoms with Crippen molar-refractivity contribution in [3.63, 3.8) is 0 Å². The van der Waals surface area contributed by atoms with E-state index in [-0.39, 0.29) is 6.10 Å². The molecule has 1 aliphatic rings. The lowest BCUT2D eigenvalue weighted by Crippen LogP contribution is -2.24. The molecular weight excluding hydrogens is 194 g/mol. The number of rotatable bonds is 1. The summed E-state index contributed by atoms with van der Waals surface area (Å²) in [5.41, 5.74) is 0. The number of hydrogen-bond acceptors (Lipinski definition) is 4. The second-order valence-electron chi connectivity index (χ2n) is 3.72. The quantitative estimate of drug-likeness (QED) is 0.749. The van der Waals surface area contributed by atoms with Gasteiger partial charge in [-0.2, -0.15) is 0 Å². The zero-order chi connectivity index (χ0) is 10.3. The first-order chi connectivity index (χ1) is 7.34. The molecule has 0 bridgehead atoms. The molecule has 78 valence electrons. The number of aromatic nitrogens is 3. The third-order valence-electron chi connectivity index (χ3n) is 2.66. The van der Waals surface area contributed by atoms with Crippen LogP contribution >= 0.6 is 0 Å². The van der Waals surface area contributed by atoms with Crippen LogP contribution < -0.4 is 0 Å². The molecule has 1 aliphatic heterocycles. The van der Waals surface area contributed by atoms with E-state index in [0.717, 1.165) is 18.7 Å². The van der Waals surface area contributed by atoms with Gasteiger partial charge in [0.1, 0.15) is 5.82 Å². The molecular formula is C10H11N3O2. The summed E-state index contributed by atoms with van der Waals surface area (Å²) in [6.07, 6.45) is 2.84. The fourth-order valence-electron chi connectivity index (χ4n) is 1.90. The molecule has 0 saturated heterocycles. The van der Waals surface area contributed by atoms with Crippen molar-refractivity contribution >= 4 is 0 Å². The van der Waals surface area contributed by atoms with Crippen LogP contribution in [0.2, 0.25) is 0 Å². The number of hydrogen-bond donors (Lipinski definition) is 1. The minimum Gasteiger partial charge on any atom is -0.461 e. The topological polar surface area (TPSA) is 64.1 Å². The largest absolute Gasteiger partial charge is 0.461 e. The molecule has 1 N–H and O–H groups in total. The Balaban J connectivity index is 2.07. The fraction of sp³-hybridized carbons (Fsp3) is 0.400.